The molecule has 22 heavy (non-hydrogen) atoms. The molecule has 2 aromatic rings. The van der Waals surface area contributed by atoms with Crippen LogP contribution in [0.2, 0.25) is 0 Å². The van der Waals surface area contributed by atoms with Crippen molar-refractivity contribution in [2.75, 3.05) is 0 Å². The van der Waals surface area contributed by atoms with E-state index in [-0.39, 0.29) is 17.9 Å². The van der Waals surface area contributed by atoms with Crippen molar-refractivity contribution in [3.05, 3.63) is 54.4 Å². The van der Waals surface area contributed by atoms with Gasteiger partial charge in [-0.2, -0.15) is 0 Å². The van der Waals surface area contributed by atoms with Crippen molar-refractivity contribution in [3.8, 4) is 11.1 Å². The first-order valence-corrected chi connectivity index (χ1v) is 7.92. The van der Waals surface area contributed by atoms with Crippen molar-refractivity contribution in [2.45, 2.75) is 39.7 Å². The summed E-state index contributed by atoms with van der Waals surface area (Å²) in [5.41, 5.74) is 3.31. The van der Waals surface area contributed by atoms with Crippen LogP contribution in [0.4, 0.5) is 0 Å². The van der Waals surface area contributed by atoms with E-state index in [2.05, 4.69) is 35.4 Å². The molecule has 1 N–H and O–H groups in total. The molecule has 2 atom stereocenters. The Bertz CT molecular complexity index is 610. The number of hydrogen-bond acceptors (Lipinski definition) is 2. The van der Waals surface area contributed by atoms with Crippen LogP contribution in [0.5, 0.6) is 0 Å². The van der Waals surface area contributed by atoms with Gasteiger partial charge < -0.3 is 5.32 Å². The second-order valence-corrected chi connectivity index (χ2v) is 5.79. The van der Waals surface area contributed by atoms with Gasteiger partial charge in [-0.1, -0.05) is 44.5 Å². The average molecular weight is 296 g/mol. The molecule has 0 saturated heterocycles. The van der Waals surface area contributed by atoms with Crippen LogP contribution in [-0.4, -0.2) is 10.9 Å². The van der Waals surface area contributed by atoms with Crippen LogP contribution in [-0.2, 0) is 4.79 Å². The molecule has 2 rings (SSSR count). The Morgan fingerprint density at radius 2 is 1.95 bits per heavy atom. The van der Waals surface area contributed by atoms with E-state index in [1.54, 1.807) is 6.20 Å². The van der Waals surface area contributed by atoms with Crippen molar-refractivity contribution in [2.24, 2.45) is 5.92 Å². The van der Waals surface area contributed by atoms with Gasteiger partial charge in [-0.3, -0.25) is 9.78 Å². The van der Waals surface area contributed by atoms with Crippen LogP contribution in [0, 0.1) is 5.92 Å². The number of amides is 1. The number of benzene rings is 1. The molecule has 0 aliphatic carbocycles. The van der Waals surface area contributed by atoms with Crippen LogP contribution in [0.25, 0.3) is 11.1 Å². The van der Waals surface area contributed by atoms with Crippen molar-refractivity contribution in [3.63, 3.8) is 0 Å². The molecule has 0 fully saturated rings. The Labute approximate surface area is 132 Å². The topological polar surface area (TPSA) is 42.0 Å². The molecule has 0 bridgehead atoms. The summed E-state index contributed by atoms with van der Waals surface area (Å²) < 4.78 is 0. The Balaban J connectivity index is 2.11. The highest BCUT2D eigenvalue weighted by molar-refractivity contribution is 5.78. The quantitative estimate of drug-likeness (QED) is 0.860. The summed E-state index contributed by atoms with van der Waals surface area (Å²) in [5, 5.41) is 3.10. The number of carbonyl (C=O) groups excluding carboxylic acids is 1. The average Bonchev–Trinajstić information content (AvgIpc) is 2.56. The minimum Gasteiger partial charge on any atom is -0.349 e. The second kappa shape index (κ2) is 7.74. The predicted molar refractivity (Wildman–Crippen MR) is 90.3 cm³/mol. The van der Waals surface area contributed by atoms with E-state index in [4.69, 9.17) is 0 Å². The lowest BCUT2D eigenvalue weighted by molar-refractivity contribution is -0.125. The van der Waals surface area contributed by atoms with Gasteiger partial charge in [-0.15, -0.1) is 0 Å². The minimum absolute atomic E-state index is 0.00317. The third-order valence-electron chi connectivity index (χ3n) is 3.91. The number of carbonyl (C=O) groups is 1. The SMILES string of the molecule is CCC[C@H](C)C(=O)NC(C)c1cccc(-c2cccnc2)c1. The molecule has 0 spiro atoms. The zero-order valence-electron chi connectivity index (χ0n) is 13.5. The highest BCUT2D eigenvalue weighted by Crippen LogP contribution is 2.22. The zero-order chi connectivity index (χ0) is 15.9. The number of nitrogens with zero attached hydrogens (tertiary/aromatic N) is 1. The highest BCUT2D eigenvalue weighted by Gasteiger charge is 2.15. The van der Waals surface area contributed by atoms with Crippen molar-refractivity contribution in [1.82, 2.24) is 10.3 Å². The number of hydrogen-bond donors (Lipinski definition) is 1. The van der Waals surface area contributed by atoms with Crippen LogP contribution in [0.15, 0.2) is 48.8 Å². The van der Waals surface area contributed by atoms with Gasteiger partial charge in [0, 0.05) is 18.3 Å². The molecule has 1 heterocycles. The smallest absolute Gasteiger partial charge is 0.223 e. The molecule has 1 aromatic carbocycles. The molecule has 0 radical (unpaired) electrons. The number of aromatic nitrogens is 1. The van der Waals surface area contributed by atoms with Crippen LogP contribution < -0.4 is 5.32 Å². The lowest BCUT2D eigenvalue weighted by Crippen LogP contribution is -2.31. The van der Waals surface area contributed by atoms with Crippen molar-refractivity contribution >= 4 is 5.91 Å². The van der Waals surface area contributed by atoms with E-state index in [0.717, 1.165) is 29.5 Å². The molecule has 0 aliphatic rings. The molecule has 116 valence electrons. The fourth-order valence-electron chi connectivity index (χ4n) is 2.52. The second-order valence-electron chi connectivity index (χ2n) is 5.79. The molecular formula is C19H24N2O. The van der Waals surface area contributed by atoms with Gasteiger partial charge in [0.2, 0.25) is 5.91 Å². The summed E-state index contributed by atoms with van der Waals surface area (Å²) in [4.78, 5) is 16.3. The number of nitrogens with one attached hydrogen (secondary N) is 1. The van der Waals surface area contributed by atoms with Gasteiger partial charge in [0.05, 0.1) is 6.04 Å². The lowest BCUT2D eigenvalue weighted by Gasteiger charge is -2.18. The fraction of sp³-hybridized carbons (Fsp3) is 0.368. The van der Waals surface area contributed by atoms with Gasteiger partial charge in [-0.25, -0.2) is 0 Å². The van der Waals surface area contributed by atoms with Gasteiger partial charge in [0.1, 0.15) is 0 Å². The molecule has 1 amide bonds. The summed E-state index contributed by atoms with van der Waals surface area (Å²) >= 11 is 0. The number of pyridine rings is 1. The Morgan fingerprint density at radius 3 is 2.64 bits per heavy atom. The maximum Gasteiger partial charge on any atom is 0.223 e. The zero-order valence-corrected chi connectivity index (χ0v) is 13.5. The molecule has 1 aromatic heterocycles. The van der Waals surface area contributed by atoms with E-state index in [9.17, 15) is 4.79 Å². The Kier molecular flexibility index (Phi) is 5.70. The largest absolute Gasteiger partial charge is 0.349 e. The first-order chi connectivity index (χ1) is 10.6. The molecule has 3 nitrogen and oxygen atoms in total. The maximum atomic E-state index is 12.2. The maximum absolute atomic E-state index is 12.2. The highest BCUT2D eigenvalue weighted by atomic mass is 16.1. The molecule has 3 heteroatoms. The van der Waals surface area contributed by atoms with Gasteiger partial charge in [0.15, 0.2) is 0 Å². The van der Waals surface area contributed by atoms with Gasteiger partial charge >= 0.3 is 0 Å². The summed E-state index contributed by atoms with van der Waals surface area (Å²) in [5.74, 6) is 0.190. The van der Waals surface area contributed by atoms with Crippen LogP contribution in [0.1, 0.15) is 45.2 Å². The Hall–Kier alpha value is -2.16. The van der Waals surface area contributed by atoms with E-state index >= 15 is 0 Å². The van der Waals surface area contributed by atoms with Crippen molar-refractivity contribution in [1.29, 1.82) is 0 Å². The van der Waals surface area contributed by atoms with E-state index < -0.39 is 0 Å². The van der Waals surface area contributed by atoms with Crippen molar-refractivity contribution < 1.29 is 4.79 Å². The van der Waals surface area contributed by atoms with Gasteiger partial charge in [0.25, 0.3) is 0 Å². The molecule has 0 saturated carbocycles. The van der Waals surface area contributed by atoms with Crippen LogP contribution in [0.3, 0.4) is 0 Å². The summed E-state index contributed by atoms with van der Waals surface area (Å²) in [6.45, 7) is 6.11. The predicted octanol–water partition coefficient (Wildman–Crippen LogP) is 4.36. The third-order valence-corrected chi connectivity index (χ3v) is 3.91. The monoisotopic (exact) mass is 296 g/mol. The fourth-order valence-corrected chi connectivity index (χ4v) is 2.52. The summed E-state index contributed by atoms with van der Waals surface area (Å²) in [7, 11) is 0. The minimum atomic E-state index is 0.00317. The van der Waals surface area contributed by atoms with Gasteiger partial charge in [-0.05, 0) is 42.2 Å². The third kappa shape index (κ3) is 4.17. The van der Waals surface area contributed by atoms with E-state index in [1.807, 2.05) is 38.2 Å². The summed E-state index contributed by atoms with van der Waals surface area (Å²) in [6, 6.07) is 12.2. The standard InChI is InChI=1S/C19H24N2O/c1-4-7-14(2)19(22)21-15(3)16-8-5-9-17(12-16)18-10-6-11-20-13-18/h5-6,8-15H,4,7H2,1-3H3,(H,21,22)/t14-,15?/m0/s1. The molecule has 0 aliphatic heterocycles. The van der Waals surface area contributed by atoms with E-state index in [1.165, 1.54) is 0 Å². The van der Waals surface area contributed by atoms with Crippen LogP contribution >= 0.6 is 0 Å². The first-order valence-electron chi connectivity index (χ1n) is 7.92. The molecule has 1 unspecified atom stereocenters. The lowest BCUT2D eigenvalue weighted by atomic mass is 10.00. The first kappa shape index (κ1) is 16.2. The number of rotatable bonds is 6. The van der Waals surface area contributed by atoms with E-state index in [0.29, 0.717) is 0 Å². The molecular weight excluding hydrogens is 272 g/mol. The summed E-state index contributed by atoms with van der Waals surface area (Å²) in [6.07, 6.45) is 5.57. The normalized spacial score (nSPS) is 13.4. The Morgan fingerprint density at radius 1 is 1.18 bits per heavy atom.